The van der Waals surface area contributed by atoms with Crippen LogP contribution in [0.2, 0.25) is 0 Å². The number of allylic oxidation sites excluding steroid dienone is 1. The molecular weight excluding hydrogens is 614 g/mol. The van der Waals surface area contributed by atoms with Gasteiger partial charge in [0, 0.05) is 26.6 Å². The molecular formula is C37H53N3O8. The molecule has 4 rings (SSSR count). The summed E-state index contributed by atoms with van der Waals surface area (Å²) in [5.74, 6) is -3.65. The van der Waals surface area contributed by atoms with Crippen LogP contribution in [0.5, 0.6) is 0 Å². The van der Waals surface area contributed by atoms with Gasteiger partial charge in [0.15, 0.2) is 0 Å². The van der Waals surface area contributed by atoms with Crippen molar-refractivity contribution in [3.8, 4) is 0 Å². The lowest BCUT2D eigenvalue weighted by Crippen LogP contribution is -2.59. The zero-order valence-electron chi connectivity index (χ0n) is 28.8. The summed E-state index contributed by atoms with van der Waals surface area (Å²) in [6, 6.07) is 6.71. The van der Waals surface area contributed by atoms with Gasteiger partial charge in [0.2, 0.25) is 17.7 Å². The summed E-state index contributed by atoms with van der Waals surface area (Å²) in [5.41, 5.74) is -0.594. The molecule has 0 unspecified atom stereocenters. The van der Waals surface area contributed by atoms with Crippen LogP contribution in [0.15, 0.2) is 55.6 Å². The number of carbonyl (C=O) groups is 4. The zero-order valence-corrected chi connectivity index (χ0v) is 28.8. The number of rotatable bonds is 19. The van der Waals surface area contributed by atoms with E-state index < -0.39 is 53.7 Å². The molecule has 3 fully saturated rings. The third kappa shape index (κ3) is 7.38. The van der Waals surface area contributed by atoms with Gasteiger partial charge in [0.05, 0.1) is 43.2 Å². The summed E-state index contributed by atoms with van der Waals surface area (Å²) in [6.45, 7) is 13.9. The number of nitrogens with zero attached hydrogens (tertiary/aromatic N) is 2. The molecule has 2 bridgehead atoms. The van der Waals surface area contributed by atoms with Crippen molar-refractivity contribution < 1.29 is 38.5 Å². The summed E-state index contributed by atoms with van der Waals surface area (Å²) in [5, 5.41) is 13.5. The van der Waals surface area contributed by atoms with Crippen molar-refractivity contribution in [2.45, 2.75) is 95.2 Å². The standard InChI is InChI=1S/C37H53N3O8/c1-7-10-17-29(42)38-26(23-46-6)32(25-15-13-12-14-16-25)47-36(45)30-28-18-19-37(48-28)31(30)34(43)40(27(22-41)24(4)5)33(37)35(44)39(20-9-3)21-11-8-2/h7,9,12-16,24,26-28,30-33,41H,1,3,8,10-11,17-23H2,2,4-6H3,(H,38,42)/t26-,27+,28-,30+,31+,32-,33-,37+/m1/s1. The van der Waals surface area contributed by atoms with Gasteiger partial charge in [0.25, 0.3) is 0 Å². The van der Waals surface area contributed by atoms with Crippen molar-refractivity contribution in [3.05, 3.63) is 61.2 Å². The maximum absolute atomic E-state index is 14.6. The van der Waals surface area contributed by atoms with Crippen LogP contribution >= 0.6 is 0 Å². The van der Waals surface area contributed by atoms with Crippen LogP contribution in [-0.4, -0.2) is 102 Å². The van der Waals surface area contributed by atoms with Crippen molar-refractivity contribution in [1.29, 1.82) is 0 Å². The highest BCUT2D eigenvalue weighted by Crippen LogP contribution is 2.59. The lowest BCUT2D eigenvalue weighted by Gasteiger charge is -2.40. The van der Waals surface area contributed by atoms with Gasteiger partial charge in [-0.2, -0.15) is 0 Å². The lowest BCUT2D eigenvalue weighted by molar-refractivity contribution is -0.164. The molecule has 11 nitrogen and oxygen atoms in total. The first-order chi connectivity index (χ1) is 23.1. The smallest absolute Gasteiger partial charge is 0.313 e. The van der Waals surface area contributed by atoms with Crippen LogP contribution < -0.4 is 5.32 Å². The van der Waals surface area contributed by atoms with E-state index in [1.54, 1.807) is 17.1 Å². The molecule has 48 heavy (non-hydrogen) atoms. The average molecular weight is 668 g/mol. The number of aliphatic hydroxyl groups excluding tert-OH is 1. The molecule has 3 amide bonds. The Morgan fingerprint density at radius 2 is 1.94 bits per heavy atom. The minimum atomic E-state index is -1.25. The van der Waals surface area contributed by atoms with E-state index in [1.807, 2.05) is 51.1 Å². The molecule has 8 atom stereocenters. The Kier molecular flexibility index (Phi) is 13.0. The van der Waals surface area contributed by atoms with Crippen molar-refractivity contribution in [1.82, 2.24) is 15.1 Å². The molecule has 264 valence electrons. The zero-order chi connectivity index (χ0) is 35.0. The van der Waals surface area contributed by atoms with Crippen molar-refractivity contribution in [3.63, 3.8) is 0 Å². The van der Waals surface area contributed by atoms with E-state index in [1.165, 1.54) is 12.0 Å². The molecule has 2 N–H and O–H groups in total. The maximum Gasteiger partial charge on any atom is 0.313 e. The first kappa shape index (κ1) is 37.3. The number of likely N-dealkylation sites (tertiary alicyclic amines) is 1. The summed E-state index contributed by atoms with van der Waals surface area (Å²) in [6.07, 6.45) is 5.01. The topological polar surface area (TPSA) is 135 Å². The van der Waals surface area contributed by atoms with E-state index in [9.17, 15) is 24.3 Å². The number of amides is 3. The number of benzene rings is 1. The SMILES string of the molecule is C=CCCC(=O)N[C@H](COC)[C@H](OC(=O)[C@@H]1[C@H]2C(=O)N([C@@H](CO)C(C)C)[C@H](C(=O)N(CC=C)CCCC)[C@]23CC[C@H]1O3)c1ccccc1. The molecule has 0 aromatic heterocycles. The Hall–Kier alpha value is -3.54. The molecule has 3 saturated heterocycles. The molecule has 11 heteroatoms. The van der Waals surface area contributed by atoms with Gasteiger partial charge >= 0.3 is 5.97 Å². The summed E-state index contributed by atoms with van der Waals surface area (Å²) in [4.78, 5) is 59.5. The van der Waals surface area contributed by atoms with Crippen molar-refractivity contribution in [2.75, 3.05) is 33.4 Å². The fourth-order valence-corrected chi connectivity index (χ4v) is 7.71. The first-order valence-electron chi connectivity index (χ1n) is 17.2. The molecule has 0 radical (unpaired) electrons. The number of aliphatic hydroxyl groups is 1. The van der Waals surface area contributed by atoms with Crippen LogP contribution in [0.3, 0.4) is 0 Å². The van der Waals surface area contributed by atoms with Gasteiger partial charge in [0.1, 0.15) is 17.7 Å². The molecule has 3 aliphatic rings. The van der Waals surface area contributed by atoms with Gasteiger partial charge in [-0.3, -0.25) is 19.2 Å². The predicted molar refractivity (Wildman–Crippen MR) is 180 cm³/mol. The number of nitrogens with one attached hydrogen (secondary N) is 1. The Morgan fingerprint density at radius 1 is 1.21 bits per heavy atom. The monoisotopic (exact) mass is 667 g/mol. The number of hydrogen-bond donors (Lipinski definition) is 2. The number of methoxy groups -OCH3 is 1. The third-order valence-electron chi connectivity index (χ3n) is 10.0. The van der Waals surface area contributed by atoms with Crippen molar-refractivity contribution >= 4 is 23.7 Å². The van der Waals surface area contributed by atoms with E-state index in [4.69, 9.17) is 14.2 Å². The molecule has 1 spiro atoms. The maximum atomic E-state index is 14.6. The molecule has 1 aromatic rings. The fourth-order valence-electron chi connectivity index (χ4n) is 7.71. The summed E-state index contributed by atoms with van der Waals surface area (Å²) >= 11 is 0. The van der Waals surface area contributed by atoms with E-state index in [0.29, 0.717) is 37.9 Å². The van der Waals surface area contributed by atoms with Gasteiger partial charge < -0.3 is 34.4 Å². The molecule has 0 aliphatic carbocycles. The molecule has 3 heterocycles. The Morgan fingerprint density at radius 3 is 2.54 bits per heavy atom. The summed E-state index contributed by atoms with van der Waals surface area (Å²) < 4.78 is 18.4. The normalized spacial score (nSPS) is 26.1. The second kappa shape index (κ2) is 16.7. The van der Waals surface area contributed by atoms with E-state index in [-0.39, 0.29) is 43.3 Å². The van der Waals surface area contributed by atoms with Gasteiger partial charge in [-0.1, -0.05) is 69.7 Å². The number of hydrogen-bond acceptors (Lipinski definition) is 8. The van der Waals surface area contributed by atoms with Gasteiger partial charge in [-0.15, -0.1) is 13.2 Å². The van der Waals surface area contributed by atoms with Crippen LogP contribution in [0.4, 0.5) is 0 Å². The lowest BCUT2D eigenvalue weighted by atomic mass is 9.70. The molecule has 1 aromatic carbocycles. The van der Waals surface area contributed by atoms with Crippen LogP contribution in [0.1, 0.15) is 71.0 Å². The quantitative estimate of drug-likeness (QED) is 0.169. The highest BCUT2D eigenvalue weighted by molar-refractivity contribution is 5.98. The Balaban J connectivity index is 1.72. The van der Waals surface area contributed by atoms with Gasteiger partial charge in [-0.05, 0) is 37.2 Å². The number of fused-ring (bicyclic) bond motifs is 1. The second-order valence-electron chi connectivity index (χ2n) is 13.4. The first-order valence-corrected chi connectivity index (χ1v) is 17.2. The van der Waals surface area contributed by atoms with Gasteiger partial charge in [-0.25, -0.2) is 0 Å². The van der Waals surface area contributed by atoms with E-state index >= 15 is 0 Å². The predicted octanol–water partition coefficient (Wildman–Crippen LogP) is 3.57. The highest BCUT2D eigenvalue weighted by atomic mass is 16.6. The number of carbonyl (C=O) groups excluding carboxylic acids is 4. The fraction of sp³-hybridized carbons (Fsp3) is 0.622. The van der Waals surface area contributed by atoms with Crippen LogP contribution in [0, 0.1) is 17.8 Å². The molecule has 3 aliphatic heterocycles. The third-order valence-corrected chi connectivity index (χ3v) is 10.0. The number of ether oxygens (including phenoxy) is 3. The van der Waals surface area contributed by atoms with E-state index in [0.717, 1.165) is 12.8 Å². The Bertz CT molecular complexity index is 1300. The number of esters is 1. The van der Waals surface area contributed by atoms with Crippen molar-refractivity contribution in [2.24, 2.45) is 17.8 Å². The highest BCUT2D eigenvalue weighted by Gasteiger charge is 2.76. The number of unbranched alkanes of at least 4 members (excludes halogenated alkanes) is 1. The minimum absolute atomic E-state index is 0.0668. The second-order valence-corrected chi connectivity index (χ2v) is 13.4. The minimum Gasteiger partial charge on any atom is -0.455 e. The summed E-state index contributed by atoms with van der Waals surface area (Å²) in [7, 11) is 1.51. The molecule has 0 saturated carbocycles. The Labute approximate surface area is 284 Å². The van der Waals surface area contributed by atoms with Crippen LogP contribution in [0.25, 0.3) is 0 Å². The van der Waals surface area contributed by atoms with E-state index in [2.05, 4.69) is 18.5 Å². The van der Waals surface area contributed by atoms with Crippen LogP contribution in [-0.2, 0) is 33.4 Å². The average Bonchev–Trinajstić information content (AvgIpc) is 3.72. The largest absolute Gasteiger partial charge is 0.455 e.